The second-order valence-corrected chi connectivity index (χ2v) is 6.81. The van der Waals surface area contributed by atoms with E-state index in [1.807, 2.05) is 24.3 Å². The zero-order valence-corrected chi connectivity index (χ0v) is 14.6. The molecule has 0 aliphatic carbocycles. The second-order valence-electron chi connectivity index (χ2n) is 5.87. The van der Waals surface area contributed by atoms with E-state index in [0.717, 1.165) is 22.7 Å². The van der Waals surface area contributed by atoms with Gasteiger partial charge in [-0.25, -0.2) is 9.37 Å². The summed E-state index contributed by atoms with van der Waals surface area (Å²) in [6.45, 7) is 1.46. The summed E-state index contributed by atoms with van der Waals surface area (Å²) in [5, 5.41) is 1.09. The molecule has 1 N–H and O–H groups in total. The standard InChI is InChI=1S/C19H14FN3O2S/c1-11(24)10-26-19-22-16-12-6-2-4-8-14(12)21-17(16)18(25)23(19)15-9-5-3-7-13(15)20/h2-9,21H,10H2,1H3. The van der Waals surface area contributed by atoms with Gasteiger partial charge in [0.05, 0.1) is 11.4 Å². The van der Waals surface area contributed by atoms with Crippen LogP contribution in [0.4, 0.5) is 4.39 Å². The summed E-state index contributed by atoms with van der Waals surface area (Å²) >= 11 is 1.12. The van der Waals surface area contributed by atoms with Gasteiger partial charge in [-0.05, 0) is 25.1 Å². The predicted octanol–water partition coefficient (Wildman–Crippen LogP) is 3.69. The summed E-state index contributed by atoms with van der Waals surface area (Å²) < 4.78 is 15.6. The van der Waals surface area contributed by atoms with Crippen LogP contribution < -0.4 is 5.56 Å². The molecule has 2 heterocycles. The number of benzene rings is 2. The third kappa shape index (κ3) is 2.70. The van der Waals surface area contributed by atoms with E-state index < -0.39 is 11.4 Å². The number of hydrogen-bond donors (Lipinski definition) is 1. The Morgan fingerprint density at radius 1 is 1.19 bits per heavy atom. The molecule has 0 amide bonds. The zero-order chi connectivity index (χ0) is 18.3. The largest absolute Gasteiger partial charge is 0.349 e. The molecule has 2 aromatic carbocycles. The first-order chi connectivity index (χ1) is 12.6. The van der Waals surface area contributed by atoms with Gasteiger partial charge in [-0.1, -0.05) is 42.1 Å². The van der Waals surface area contributed by atoms with Gasteiger partial charge in [-0.2, -0.15) is 0 Å². The molecule has 0 atom stereocenters. The molecule has 0 unspecified atom stereocenters. The average Bonchev–Trinajstić information content (AvgIpc) is 3.00. The maximum Gasteiger partial charge on any atom is 0.283 e. The van der Waals surface area contributed by atoms with Crippen molar-refractivity contribution >= 4 is 39.5 Å². The van der Waals surface area contributed by atoms with Crippen LogP contribution in [0.3, 0.4) is 0 Å². The van der Waals surface area contributed by atoms with E-state index in [1.54, 1.807) is 12.1 Å². The summed E-state index contributed by atoms with van der Waals surface area (Å²) in [6.07, 6.45) is 0. The number of hydrogen-bond acceptors (Lipinski definition) is 4. The predicted molar refractivity (Wildman–Crippen MR) is 101 cm³/mol. The SMILES string of the molecule is CC(=O)CSc1nc2c([nH]c3ccccc32)c(=O)n1-c1ccccc1F. The zero-order valence-electron chi connectivity index (χ0n) is 13.8. The minimum absolute atomic E-state index is 0.0524. The lowest BCUT2D eigenvalue weighted by Gasteiger charge is -2.12. The van der Waals surface area contributed by atoms with E-state index in [4.69, 9.17) is 0 Å². The number of aromatic amines is 1. The maximum atomic E-state index is 14.4. The summed E-state index contributed by atoms with van der Waals surface area (Å²) in [5.74, 6) is -0.436. The highest BCUT2D eigenvalue weighted by Crippen LogP contribution is 2.26. The van der Waals surface area contributed by atoms with Gasteiger partial charge in [-0.15, -0.1) is 0 Å². The van der Waals surface area contributed by atoms with Gasteiger partial charge in [0, 0.05) is 10.9 Å². The quantitative estimate of drug-likeness (QED) is 0.441. The molecule has 4 rings (SSSR count). The van der Waals surface area contributed by atoms with Crippen molar-refractivity contribution in [2.24, 2.45) is 0 Å². The van der Waals surface area contributed by atoms with Crippen LogP contribution in [0.25, 0.3) is 27.6 Å². The van der Waals surface area contributed by atoms with E-state index in [-0.39, 0.29) is 22.4 Å². The van der Waals surface area contributed by atoms with Gasteiger partial charge in [0.1, 0.15) is 22.6 Å². The van der Waals surface area contributed by atoms with E-state index in [9.17, 15) is 14.0 Å². The fourth-order valence-corrected chi connectivity index (χ4v) is 3.65. The summed E-state index contributed by atoms with van der Waals surface area (Å²) in [4.78, 5) is 32.2. The molecule has 0 saturated heterocycles. The average molecular weight is 367 g/mol. The lowest BCUT2D eigenvalue weighted by Crippen LogP contribution is -2.23. The van der Waals surface area contributed by atoms with Crippen LogP contribution >= 0.6 is 11.8 Å². The number of halogens is 1. The highest BCUT2D eigenvalue weighted by atomic mass is 32.2. The minimum Gasteiger partial charge on any atom is -0.349 e. The Balaban J connectivity index is 2.07. The molecule has 0 fully saturated rings. The minimum atomic E-state index is -0.531. The van der Waals surface area contributed by atoms with Gasteiger partial charge in [-0.3, -0.25) is 14.2 Å². The Morgan fingerprint density at radius 2 is 1.92 bits per heavy atom. The molecule has 7 heteroatoms. The van der Waals surface area contributed by atoms with Gasteiger partial charge in [0.2, 0.25) is 0 Å². The first kappa shape index (κ1) is 16.5. The molecule has 2 aromatic heterocycles. The number of ketones is 1. The number of Topliss-reactive ketones (excluding diaryl/α,β-unsaturated/α-hetero) is 1. The number of thioether (sulfide) groups is 1. The van der Waals surface area contributed by atoms with Crippen molar-refractivity contribution in [1.82, 2.24) is 14.5 Å². The topological polar surface area (TPSA) is 67.8 Å². The highest BCUT2D eigenvalue weighted by Gasteiger charge is 2.19. The van der Waals surface area contributed by atoms with Gasteiger partial charge >= 0.3 is 0 Å². The lowest BCUT2D eigenvalue weighted by molar-refractivity contribution is -0.114. The molecule has 0 aliphatic heterocycles. The summed E-state index contributed by atoms with van der Waals surface area (Å²) in [5.41, 5.74) is 1.31. The van der Waals surface area contributed by atoms with Crippen molar-refractivity contribution in [3.05, 3.63) is 64.7 Å². The van der Waals surface area contributed by atoms with E-state index in [2.05, 4.69) is 9.97 Å². The number of para-hydroxylation sites is 2. The Kier molecular flexibility index (Phi) is 4.08. The van der Waals surface area contributed by atoms with Gasteiger partial charge in [0.15, 0.2) is 5.16 Å². The number of carbonyl (C=O) groups excluding carboxylic acids is 1. The van der Waals surface area contributed by atoms with Crippen molar-refractivity contribution in [3.8, 4) is 5.69 Å². The number of H-pyrrole nitrogens is 1. The number of nitrogens with zero attached hydrogens (tertiary/aromatic N) is 2. The number of fused-ring (bicyclic) bond motifs is 3. The van der Waals surface area contributed by atoms with Crippen molar-refractivity contribution in [2.75, 3.05) is 5.75 Å². The Labute approximate surface area is 151 Å². The van der Waals surface area contributed by atoms with Crippen LogP contribution in [0, 0.1) is 5.82 Å². The molecule has 5 nitrogen and oxygen atoms in total. The van der Waals surface area contributed by atoms with Crippen LogP contribution in [-0.2, 0) is 4.79 Å². The molecule has 0 saturated carbocycles. The maximum absolute atomic E-state index is 14.4. The number of aromatic nitrogens is 3. The van der Waals surface area contributed by atoms with Crippen LogP contribution in [0.1, 0.15) is 6.92 Å². The molecular weight excluding hydrogens is 353 g/mol. The highest BCUT2D eigenvalue weighted by molar-refractivity contribution is 7.99. The summed E-state index contributed by atoms with van der Waals surface area (Å²) in [6, 6.07) is 13.5. The Bertz CT molecular complexity index is 1210. The second kappa shape index (κ2) is 6.42. The molecule has 4 aromatic rings. The smallest absolute Gasteiger partial charge is 0.283 e. The van der Waals surface area contributed by atoms with Crippen LogP contribution in [-0.4, -0.2) is 26.1 Å². The molecular formula is C19H14FN3O2S. The van der Waals surface area contributed by atoms with E-state index >= 15 is 0 Å². The molecule has 0 radical (unpaired) electrons. The van der Waals surface area contributed by atoms with Crippen molar-refractivity contribution < 1.29 is 9.18 Å². The van der Waals surface area contributed by atoms with Crippen LogP contribution in [0.5, 0.6) is 0 Å². The van der Waals surface area contributed by atoms with Crippen molar-refractivity contribution in [1.29, 1.82) is 0 Å². The number of nitrogens with one attached hydrogen (secondary N) is 1. The van der Waals surface area contributed by atoms with Gasteiger partial charge < -0.3 is 4.98 Å². The fraction of sp³-hybridized carbons (Fsp3) is 0.105. The molecule has 26 heavy (non-hydrogen) atoms. The summed E-state index contributed by atoms with van der Waals surface area (Å²) in [7, 11) is 0. The molecule has 0 aliphatic rings. The van der Waals surface area contributed by atoms with Crippen LogP contribution in [0.15, 0.2) is 58.5 Å². The lowest BCUT2D eigenvalue weighted by atomic mass is 10.2. The number of rotatable bonds is 4. The monoisotopic (exact) mass is 367 g/mol. The first-order valence-corrected chi connectivity index (χ1v) is 8.95. The van der Waals surface area contributed by atoms with Crippen LogP contribution in [0.2, 0.25) is 0 Å². The van der Waals surface area contributed by atoms with Crippen molar-refractivity contribution in [3.63, 3.8) is 0 Å². The molecule has 0 bridgehead atoms. The Hall–Kier alpha value is -2.93. The fourth-order valence-electron chi connectivity index (χ4n) is 2.85. The molecule has 130 valence electrons. The van der Waals surface area contributed by atoms with Crippen molar-refractivity contribution in [2.45, 2.75) is 12.1 Å². The number of carbonyl (C=O) groups is 1. The first-order valence-electron chi connectivity index (χ1n) is 7.97. The molecule has 0 spiro atoms. The van der Waals surface area contributed by atoms with E-state index in [0.29, 0.717) is 11.0 Å². The Morgan fingerprint density at radius 3 is 2.69 bits per heavy atom. The third-order valence-corrected chi connectivity index (χ3v) is 5.08. The van der Waals surface area contributed by atoms with Gasteiger partial charge in [0.25, 0.3) is 5.56 Å². The van der Waals surface area contributed by atoms with E-state index in [1.165, 1.54) is 23.6 Å². The normalized spacial score (nSPS) is 11.3. The third-order valence-electron chi connectivity index (χ3n) is 3.99.